The van der Waals surface area contributed by atoms with E-state index in [0.29, 0.717) is 22.9 Å². The third-order valence-electron chi connectivity index (χ3n) is 2.61. The molecule has 0 aliphatic carbocycles. The number of ether oxygens (including phenoxy) is 1. The van der Waals surface area contributed by atoms with Gasteiger partial charge in [-0.25, -0.2) is 0 Å². The number of halogens is 2. The van der Waals surface area contributed by atoms with Crippen LogP contribution in [0, 0.1) is 0 Å². The summed E-state index contributed by atoms with van der Waals surface area (Å²) in [5.41, 5.74) is 0.968. The molecule has 18 heavy (non-hydrogen) atoms. The van der Waals surface area contributed by atoms with Gasteiger partial charge in [0.2, 0.25) is 0 Å². The maximum absolute atomic E-state index is 11.3. The molecule has 0 aromatic heterocycles. The van der Waals surface area contributed by atoms with Crippen LogP contribution in [0.3, 0.4) is 0 Å². The molecule has 1 aromatic rings. The summed E-state index contributed by atoms with van der Waals surface area (Å²) in [6, 6.07) is 5.40. The first-order valence-corrected chi connectivity index (χ1v) is 6.56. The first-order valence-electron chi connectivity index (χ1n) is 5.81. The number of hydrogen-bond acceptors (Lipinski definition) is 3. The van der Waals surface area contributed by atoms with Crippen molar-refractivity contribution in [1.29, 1.82) is 0 Å². The third-order valence-corrected chi connectivity index (χ3v) is 3.20. The highest BCUT2D eigenvalue weighted by Crippen LogP contribution is 2.22. The van der Waals surface area contributed by atoms with E-state index in [2.05, 4.69) is 10.1 Å². The molecule has 0 saturated heterocycles. The van der Waals surface area contributed by atoms with Gasteiger partial charge in [0, 0.05) is 16.1 Å². The van der Waals surface area contributed by atoms with Crippen molar-refractivity contribution in [2.45, 2.75) is 25.8 Å². The molecule has 0 amide bonds. The third kappa shape index (κ3) is 4.84. The van der Waals surface area contributed by atoms with Crippen molar-refractivity contribution in [1.82, 2.24) is 5.32 Å². The molecule has 0 aliphatic rings. The van der Waals surface area contributed by atoms with Gasteiger partial charge in [-0.3, -0.25) is 4.79 Å². The highest BCUT2D eigenvalue weighted by atomic mass is 35.5. The molecule has 0 radical (unpaired) electrons. The van der Waals surface area contributed by atoms with Gasteiger partial charge in [0.25, 0.3) is 0 Å². The SMILES string of the molecule is CCNC(CC(=O)OC)Cc1ccc(Cl)cc1Cl. The second-order valence-corrected chi connectivity index (χ2v) is 4.82. The van der Waals surface area contributed by atoms with Gasteiger partial charge in [0.05, 0.1) is 13.5 Å². The molecular weight excluding hydrogens is 273 g/mol. The fraction of sp³-hybridized carbons (Fsp3) is 0.462. The summed E-state index contributed by atoms with van der Waals surface area (Å²) >= 11 is 12.0. The van der Waals surface area contributed by atoms with E-state index < -0.39 is 0 Å². The van der Waals surface area contributed by atoms with Gasteiger partial charge in [-0.2, -0.15) is 0 Å². The first kappa shape index (κ1) is 15.3. The molecule has 0 bridgehead atoms. The van der Waals surface area contributed by atoms with E-state index >= 15 is 0 Å². The molecule has 0 heterocycles. The van der Waals surface area contributed by atoms with E-state index in [0.717, 1.165) is 12.1 Å². The Hall–Kier alpha value is -0.770. The van der Waals surface area contributed by atoms with Crippen LogP contribution in [0.1, 0.15) is 18.9 Å². The molecular formula is C13H17Cl2NO2. The summed E-state index contributed by atoms with van der Waals surface area (Å²) in [6.07, 6.45) is 0.988. The zero-order valence-electron chi connectivity index (χ0n) is 10.5. The largest absolute Gasteiger partial charge is 0.469 e. The van der Waals surface area contributed by atoms with E-state index in [1.165, 1.54) is 7.11 Å². The lowest BCUT2D eigenvalue weighted by Gasteiger charge is -2.17. The number of nitrogens with one attached hydrogen (secondary N) is 1. The molecule has 0 fully saturated rings. The van der Waals surface area contributed by atoms with Crippen LogP contribution in [0.15, 0.2) is 18.2 Å². The zero-order chi connectivity index (χ0) is 13.5. The number of methoxy groups -OCH3 is 1. The van der Waals surface area contributed by atoms with Crippen LogP contribution in [0.5, 0.6) is 0 Å². The summed E-state index contributed by atoms with van der Waals surface area (Å²) in [4.78, 5) is 11.3. The predicted molar refractivity (Wildman–Crippen MR) is 74.3 cm³/mol. The minimum atomic E-state index is -0.231. The maximum Gasteiger partial charge on any atom is 0.307 e. The summed E-state index contributed by atoms with van der Waals surface area (Å²) in [5.74, 6) is -0.231. The van der Waals surface area contributed by atoms with E-state index in [1.807, 2.05) is 13.0 Å². The Morgan fingerprint density at radius 1 is 1.44 bits per heavy atom. The van der Waals surface area contributed by atoms with Gasteiger partial charge in [-0.15, -0.1) is 0 Å². The topological polar surface area (TPSA) is 38.3 Å². The van der Waals surface area contributed by atoms with Gasteiger partial charge in [-0.1, -0.05) is 36.2 Å². The Kier molecular flexibility index (Phi) is 6.47. The maximum atomic E-state index is 11.3. The zero-order valence-corrected chi connectivity index (χ0v) is 12.0. The number of carbonyl (C=O) groups is 1. The van der Waals surface area contributed by atoms with Crippen molar-refractivity contribution >= 4 is 29.2 Å². The van der Waals surface area contributed by atoms with E-state index in [4.69, 9.17) is 23.2 Å². The standard InChI is InChI=1S/C13H17Cl2NO2/c1-3-16-11(8-13(17)18-2)6-9-4-5-10(14)7-12(9)15/h4-5,7,11,16H,3,6,8H2,1-2H3. The average molecular weight is 290 g/mol. The van der Waals surface area contributed by atoms with Crippen LogP contribution in [0.4, 0.5) is 0 Å². The number of carbonyl (C=O) groups excluding carboxylic acids is 1. The second-order valence-electron chi connectivity index (χ2n) is 3.97. The van der Waals surface area contributed by atoms with Crippen LogP contribution < -0.4 is 5.32 Å². The van der Waals surface area contributed by atoms with Crippen molar-refractivity contribution in [3.05, 3.63) is 33.8 Å². The quantitative estimate of drug-likeness (QED) is 0.818. The van der Waals surface area contributed by atoms with Crippen LogP contribution in [0.25, 0.3) is 0 Å². The normalized spacial score (nSPS) is 12.2. The first-order chi connectivity index (χ1) is 8.56. The van der Waals surface area contributed by atoms with Gasteiger partial charge >= 0.3 is 5.97 Å². The molecule has 1 aromatic carbocycles. The van der Waals surface area contributed by atoms with E-state index in [1.54, 1.807) is 12.1 Å². The van der Waals surface area contributed by atoms with Crippen molar-refractivity contribution in [2.75, 3.05) is 13.7 Å². The highest BCUT2D eigenvalue weighted by Gasteiger charge is 2.15. The number of likely N-dealkylation sites (N-methyl/N-ethyl adjacent to an activating group) is 1. The van der Waals surface area contributed by atoms with Crippen LogP contribution in [-0.2, 0) is 16.0 Å². The minimum absolute atomic E-state index is 0.0149. The molecule has 1 atom stereocenters. The molecule has 100 valence electrons. The van der Waals surface area contributed by atoms with Crippen molar-refractivity contribution in [2.24, 2.45) is 0 Å². The van der Waals surface area contributed by atoms with Crippen LogP contribution in [0.2, 0.25) is 10.0 Å². The number of esters is 1. The molecule has 1 unspecified atom stereocenters. The Bertz CT molecular complexity index is 410. The number of benzene rings is 1. The lowest BCUT2D eigenvalue weighted by atomic mass is 10.0. The van der Waals surface area contributed by atoms with Gasteiger partial charge < -0.3 is 10.1 Å². The Labute approximate surface area is 117 Å². The molecule has 5 heteroatoms. The summed E-state index contributed by atoms with van der Waals surface area (Å²) in [5, 5.41) is 4.47. The fourth-order valence-electron chi connectivity index (χ4n) is 1.74. The van der Waals surface area contributed by atoms with Gasteiger partial charge in [0.15, 0.2) is 0 Å². The summed E-state index contributed by atoms with van der Waals surface area (Å²) in [7, 11) is 1.39. The molecule has 1 rings (SSSR count). The Morgan fingerprint density at radius 3 is 2.72 bits per heavy atom. The molecule has 0 spiro atoms. The van der Waals surface area contributed by atoms with Crippen LogP contribution >= 0.6 is 23.2 Å². The van der Waals surface area contributed by atoms with Crippen molar-refractivity contribution < 1.29 is 9.53 Å². The van der Waals surface area contributed by atoms with Crippen molar-refractivity contribution in [3.8, 4) is 0 Å². The molecule has 0 aliphatic heterocycles. The molecule has 1 N–H and O–H groups in total. The Morgan fingerprint density at radius 2 is 2.17 bits per heavy atom. The lowest BCUT2D eigenvalue weighted by Crippen LogP contribution is -2.33. The van der Waals surface area contributed by atoms with E-state index in [-0.39, 0.29) is 12.0 Å². The summed E-state index contributed by atoms with van der Waals surface area (Å²) < 4.78 is 4.68. The summed E-state index contributed by atoms with van der Waals surface area (Å²) in [6.45, 7) is 2.78. The van der Waals surface area contributed by atoms with Crippen LogP contribution in [-0.4, -0.2) is 25.7 Å². The van der Waals surface area contributed by atoms with Gasteiger partial charge in [0.1, 0.15) is 0 Å². The van der Waals surface area contributed by atoms with E-state index in [9.17, 15) is 4.79 Å². The second kappa shape index (κ2) is 7.62. The highest BCUT2D eigenvalue weighted by molar-refractivity contribution is 6.35. The van der Waals surface area contributed by atoms with Gasteiger partial charge in [-0.05, 0) is 30.7 Å². The number of rotatable bonds is 6. The lowest BCUT2D eigenvalue weighted by molar-refractivity contribution is -0.141. The predicted octanol–water partition coefficient (Wildman–Crippen LogP) is 3.08. The average Bonchev–Trinajstić information content (AvgIpc) is 2.32. The van der Waals surface area contributed by atoms with Crippen molar-refractivity contribution in [3.63, 3.8) is 0 Å². The smallest absolute Gasteiger partial charge is 0.307 e. The minimum Gasteiger partial charge on any atom is -0.469 e. The number of hydrogen-bond donors (Lipinski definition) is 1. The Balaban J connectivity index is 2.72. The molecule has 0 saturated carbocycles. The fourth-order valence-corrected chi connectivity index (χ4v) is 2.23. The molecule has 3 nitrogen and oxygen atoms in total. The monoisotopic (exact) mass is 289 g/mol.